The second kappa shape index (κ2) is 14.7. The first-order valence-corrected chi connectivity index (χ1v) is 23.3. The van der Waals surface area contributed by atoms with Crippen LogP contribution in [-0.2, 0) is 21.7 Å². The molecule has 0 unspecified atom stereocenters. The molecule has 322 valence electrons. The van der Waals surface area contributed by atoms with E-state index in [1.807, 2.05) is 12.1 Å². The third kappa shape index (κ3) is 7.12. The van der Waals surface area contributed by atoms with Crippen molar-refractivity contribution in [3.05, 3.63) is 173 Å². The van der Waals surface area contributed by atoms with Crippen molar-refractivity contribution in [3.63, 3.8) is 0 Å². The van der Waals surface area contributed by atoms with Crippen molar-refractivity contribution in [1.82, 2.24) is 0 Å². The molecule has 8 aromatic rings. The van der Waals surface area contributed by atoms with Crippen LogP contribution in [0.4, 0.5) is 34.1 Å². The van der Waals surface area contributed by atoms with Gasteiger partial charge in [0.05, 0.1) is 11.6 Å². The number of nitriles is 1. The normalized spacial score (nSPS) is 13.7. The lowest BCUT2D eigenvalue weighted by atomic mass is 9.33. The third-order valence-electron chi connectivity index (χ3n) is 14.0. The van der Waals surface area contributed by atoms with Crippen molar-refractivity contribution in [3.8, 4) is 17.2 Å². The zero-order valence-corrected chi connectivity index (χ0v) is 40.3. The number of rotatable bonds is 3. The topological polar surface area (TPSA) is 30.3 Å². The Morgan fingerprint density at radius 1 is 0.415 bits per heavy atom. The van der Waals surface area contributed by atoms with E-state index in [1.54, 1.807) is 0 Å². The van der Waals surface area contributed by atoms with E-state index in [0.717, 1.165) is 22.5 Å². The Balaban J connectivity index is 1.41. The molecule has 0 amide bonds. The van der Waals surface area contributed by atoms with Gasteiger partial charge in [-0.1, -0.05) is 180 Å². The van der Waals surface area contributed by atoms with Crippen molar-refractivity contribution in [2.45, 2.75) is 105 Å². The highest BCUT2D eigenvalue weighted by atomic mass is 15.2. The highest BCUT2D eigenvalue weighted by Gasteiger charge is 2.45. The highest BCUT2D eigenvalue weighted by molar-refractivity contribution is 7.00. The largest absolute Gasteiger partial charge is 0.311 e. The van der Waals surface area contributed by atoms with Gasteiger partial charge < -0.3 is 9.80 Å². The van der Waals surface area contributed by atoms with Crippen LogP contribution < -0.4 is 26.2 Å². The fourth-order valence-electron chi connectivity index (χ4n) is 10.2. The van der Waals surface area contributed by atoms with Gasteiger partial charge in [0.15, 0.2) is 0 Å². The summed E-state index contributed by atoms with van der Waals surface area (Å²) >= 11 is 0. The van der Waals surface area contributed by atoms with Crippen LogP contribution in [0.2, 0.25) is 0 Å². The van der Waals surface area contributed by atoms with Crippen molar-refractivity contribution >= 4 is 78.8 Å². The molecule has 0 saturated carbocycles. The first-order chi connectivity index (χ1) is 30.7. The van der Waals surface area contributed by atoms with E-state index in [0.29, 0.717) is 5.56 Å². The van der Waals surface area contributed by atoms with Gasteiger partial charge in [0.1, 0.15) is 0 Å². The molecule has 0 atom stereocenters. The van der Waals surface area contributed by atoms with Gasteiger partial charge in [-0.05, 0) is 131 Å². The summed E-state index contributed by atoms with van der Waals surface area (Å²) in [6.07, 6.45) is 0. The molecule has 2 aliphatic rings. The van der Waals surface area contributed by atoms with Gasteiger partial charge in [0.25, 0.3) is 6.71 Å². The van der Waals surface area contributed by atoms with Gasteiger partial charge in [-0.2, -0.15) is 5.26 Å². The monoisotopic (exact) mass is 845 g/mol. The summed E-state index contributed by atoms with van der Waals surface area (Å²) in [4.78, 5) is 5.22. The summed E-state index contributed by atoms with van der Waals surface area (Å²) in [6.45, 7) is 27.9. The van der Waals surface area contributed by atoms with Crippen LogP contribution in [0.5, 0.6) is 0 Å². The van der Waals surface area contributed by atoms with E-state index in [2.05, 4.69) is 232 Å². The maximum atomic E-state index is 9.91. The molecule has 2 heterocycles. The Labute approximate surface area is 387 Å². The molecule has 0 saturated heterocycles. The predicted octanol–water partition coefficient (Wildman–Crippen LogP) is 14.8. The van der Waals surface area contributed by atoms with E-state index in [-0.39, 0.29) is 28.4 Å². The lowest BCUT2D eigenvalue weighted by Crippen LogP contribution is -2.61. The lowest BCUT2D eigenvalue weighted by Gasteiger charge is -2.46. The number of hydrogen-bond donors (Lipinski definition) is 0. The van der Waals surface area contributed by atoms with E-state index in [4.69, 9.17) is 0 Å². The number of hydrogen-bond acceptors (Lipinski definition) is 3. The summed E-state index contributed by atoms with van der Waals surface area (Å²) < 4.78 is 0. The standard InChI is InChI=1S/C61H60BN3/c1-58(2,3)43-31-44(59(4,5)6)34-47(33-43)64-53-29-42(39-23-21-38(37-63)22-24-39)30-54-55(53)62(51-27-25-40-17-13-15-19-49(40)56(51)64)52-28-26-41-18-14-16-20-50(41)57(52)65(54)48-35-45(60(7,8)9)32-46(36-48)61(10,11)12/h13-36H,1-12H3. The van der Waals surface area contributed by atoms with Gasteiger partial charge in [-0.15, -0.1) is 0 Å². The average Bonchev–Trinajstić information content (AvgIpc) is 3.27. The number of fused-ring (bicyclic) bond motifs is 8. The van der Waals surface area contributed by atoms with Gasteiger partial charge in [-0.25, -0.2) is 0 Å². The molecule has 4 heteroatoms. The Morgan fingerprint density at radius 2 is 0.800 bits per heavy atom. The van der Waals surface area contributed by atoms with Gasteiger partial charge in [-0.3, -0.25) is 0 Å². The molecule has 2 aliphatic heterocycles. The molecule has 0 N–H and O–H groups in total. The minimum Gasteiger partial charge on any atom is -0.311 e. The number of benzene rings is 8. The number of anilines is 6. The first-order valence-electron chi connectivity index (χ1n) is 23.3. The maximum absolute atomic E-state index is 9.91. The molecule has 0 bridgehead atoms. The number of nitrogens with zero attached hydrogens (tertiary/aromatic N) is 3. The molecular formula is C61H60BN3. The summed E-state index contributed by atoms with van der Waals surface area (Å²) in [7, 11) is 0. The van der Waals surface area contributed by atoms with E-state index in [1.165, 1.54) is 82.9 Å². The Bertz CT molecular complexity index is 3010. The lowest BCUT2D eigenvalue weighted by molar-refractivity contribution is 0.568. The molecule has 65 heavy (non-hydrogen) atoms. The third-order valence-corrected chi connectivity index (χ3v) is 14.0. The van der Waals surface area contributed by atoms with Crippen molar-refractivity contribution in [2.75, 3.05) is 9.80 Å². The second-order valence-electron chi connectivity index (χ2n) is 22.7. The van der Waals surface area contributed by atoms with Crippen LogP contribution in [0.1, 0.15) is 111 Å². The molecular weight excluding hydrogens is 786 g/mol. The zero-order chi connectivity index (χ0) is 46.0. The minimum absolute atomic E-state index is 0.0532. The first kappa shape index (κ1) is 42.4. The molecule has 8 aromatic carbocycles. The summed E-state index contributed by atoms with van der Waals surface area (Å²) in [5, 5.41) is 14.8. The quantitative estimate of drug-likeness (QED) is 0.166. The maximum Gasteiger partial charge on any atom is 0.252 e. The molecule has 0 aromatic heterocycles. The van der Waals surface area contributed by atoms with Gasteiger partial charge >= 0.3 is 0 Å². The van der Waals surface area contributed by atoms with Crippen LogP contribution in [0.3, 0.4) is 0 Å². The van der Waals surface area contributed by atoms with Gasteiger partial charge in [0, 0.05) is 44.9 Å². The Kier molecular flexibility index (Phi) is 9.61. The fourth-order valence-corrected chi connectivity index (χ4v) is 10.2. The minimum atomic E-state index is -0.0840. The smallest absolute Gasteiger partial charge is 0.252 e. The van der Waals surface area contributed by atoms with Crippen molar-refractivity contribution in [1.29, 1.82) is 5.26 Å². The van der Waals surface area contributed by atoms with Gasteiger partial charge in [0.2, 0.25) is 0 Å². The molecule has 10 rings (SSSR count). The van der Waals surface area contributed by atoms with Crippen LogP contribution in [0.25, 0.3) is 32.7 Å². The fraction of sp³-hybridized carbons (Fsp3) is 0.262. The molecule has 0 radical (unpaired) electrons. The summed E-state index contributed by atoms with van der Waals surface area (Å²) in [6, 6.07) is 57.4. The van der Waals surface area contributed by atoms with E-state index >= 15 is 0 Å². The zero-order valence-electron chi connectivity index (χ0n) is 40.3. The summed E-state index contributed by atoms with van der Waals surface area (Å²) in [5.41, 5.74) is 18.8. The van der Waals surface area contributed by atoms with E-state index in [9.17, 15) is 5.26 Å². The molecule has 0 aliphatic carbocycles. The van der Waals surface area contributed by atoms with Crippen LogP contribution in [0, 0.1) is 11.3 Å². The van der Waals surface area contributed by atoms with E-state index < -0.39 is 0 Å². The Morgan fingerprint density at radius 3 is 1.17 bits per heavy atom. The Hall–Kier alpha value is -6.57. The predicted molar refractivity (Wildman–Crippen MR) is 280 cm³/mol. The second-order valence-corrected chi connectivity index (χ2v) is 22.7. The molecule has 0 spiro atoms. The van der Waals surface area contributed by atoms with Crippen LogP contribution in [-0.4, -0.2) is 6.71 Å². The summed E-state index contributed by atoms with van der Waals surface area (Å²) in [5.74, 6) is 0. The van der Waals surface area contributed by atoms with Crippen LogP contribution >= 0.6 is 0 Å². The molecule has 0 fully saturated rings. The van der Waals surface area contributed by atoms with Crippen LogP contribution in [0.15, 0.2) is 146 Å². The average molecular weight is 846 g/mol. The molecule has 3 nitrogen and oxygen atoms in total. The SMILES string of the molecule is CC(C)(C)c1cc(N2c3cc(-c4ccc(C#N)cc4)cc4c3B(c3ccc5ccccc5c32)c2ccc3ccccc3c2N4c2cc(C(C)(C)C)cc(C(C)(C)C)c2)cc(C(C)(C)C)c1. The van der Waals surface area contributed by atoms with Crippen molar-refractivity contribution < 1.29 is 0 Å². The highest BCUT2D eigenvalue weighted by Crippen LogP contribution is 2.51. The van der Waals surface area contributed by atoms with Crippen molar-refractivity contribution in [2.24, 2.45) is 0 Å².